The van der Waals surface area contributed by atoms with Crippen LogP contribution in [-0.4, -0.2) is 17.9 Å². The summed E-state index contributed by atoms with van der Waals surface area (Å²) in [6.45, 7) is 9.41. The molecule has 19 heavy (non-hydrogen) atoms. The number of nitrogens with zero attached hydrogens (tertiary/aromatic N) is 1. The van der Waals surface area contributed by atoms with Crippen LogP contribution in [0.4, 0.5) is 0 Å². The van der Waals surface area contributed by atoms with Crippen LogP contribution in [-0.2, 0) is 0 Å². The third-order valence-corrected chi connectivity index (χ3v) is 2.74. The highest BCUT2D eigenvalue weighted by Gasteiger charge is 1.90. The van der Waals surface area contributed by atoms with Crippen LogP contribution in [0.15, 0.2) is 28.4 Å². The van der Waals surface area contributed by atoms with Gasteiger partial charge in [0.1, 0.15) is 0 Å². The zero-order chi connectivity index (χ0) is 14.5. The highest BCUT2D eigenvalue weighted by Crippen LogP contribution is 2.05. The fraction of sp³-hybridized carbons (Fsp3) is 0.600. The quantitative estimate of drug-likeness (QED) is 0.233. The Morgan fingerprint density at radius 3 is 2.63 bits per heavy atom. The maximum absolute atomic E-state index is 5.08. The molecule has 3 nitrogen and oxygen atoms in total. The Hall–Kier alpha value is -1.16. The minimum Gasteiger partial charge on any atom is -0.361 e. The normalized spacial score (nSPS) is 11.5. The molecule has 0 saturated carbocycles. The summed E-state index contributed by atoms with van der Waals surface area (Å²) in [5, 5.41) is 7.74. The minimum atomic E-state index is 0.584. The molecule has 4 heteroatoms. The molecule has 0 aromatic rings. The van der Waals surface area contributed by atoms with E-state index in [4.69, 9.17) is 12.2 Å². The predicted molar refractivity (Wildman–Crippen MR) is 89.6 cm³/mol. The Morgan fingerprint density at radius 2 is 2.00 bits per heavy atom. The van der Waals surface area contributed by atoms with Crippen molar-refractivity contribution in [2.45, 2.75) is 53.4 Å². The lowest BCUT2D eigenvalue weighted by atomic mass is 10.1. The van der Waals surface area contributed by atoms with E-state index in [1.807, 2.05) is 6.08 Å². The molecular weight excluding hydrogens is 254 g/mol. The monoisotopic (exact) mass is 281 g/mol. The Morgan fingerprint density at radius 1 is 1.26 bits per heavy atom. The van der Waals surface area contributed by atoms with E-state index in [9.17, 15) is 0 Å². The minimum absolute atomic E-state index is 0.584. The Bertz CT molecular complexity index is 339. The maximum atomic E-state index is 5.08. The van der Waals surface area contributed by atoms with Crippen molar-refractivity contribution in [2.24, 2.45) is 5.10 Å². The van der Waals surface area contributed by atoms with E-state index < -0.39 is 0 Å². The molecule has 108 valence electrons. The first-order chi connectivity index (χ1) is 9.06. The molecule has 0 spiro atoms. The van der Waals surface area contributed by atoms with E-state index in [0.717, 1.165) is 32.2 Å². The van der Waals surface area contributed by atoms with E-state index >= 15 is 0 Å². The molecule has 0 heterocycles. The molecule has 0 aromatic heterocycles. The van der Waals surface area contributed by atoms with Gasteiger partial charge in [-0.15, -0.1) is 0 Å². The number of rotatable bonds is 8. The summed E-state index contributed by atoms with van der Waals surface area (Å²) in [6, 6.07) is 0. The number of hydrazone groups is 1. The lowest BCUT2D eigenvalue weighted by Crippen LogP contribution is -2.32. The van der Waals surface area contributed by atoms with Gasteiger partial charge in [0.05, 0.1) is 0 Å². The van der Waals surface area contributed by atoms with Crippen LogP contribution in [0.5, 0.6) is 0 Å². The zero-order valence-corrected chi connectivity index (χ0v) is 13.4. The molecule has 0 radical (unpaired) electrons. The molecule has 0 amide bonds. The van der Waals surface area contributed by atoms with Gasteiger partial charge in [-0.3, -0.25) is 5.43 Å². The third kappa shape index (κ3) is 13.1. The molecule has 0 aliphatic rings. The largest absolute Gasteiger partial charge is 0.361 e. The van der Waals surface area contributed by atoms with Crippen molar-refractivity contribution in [1.82, 2.24) is 10.7 Å². The molecule has 0 aromatic carbocycles. The Kier molecular flexibility index (Phi) is 11.2. The van der Waals surface area contributed by atoms with Gasteiger partial charge in [0.2, 0.25) is 0 Å². The highest BCUT2D eigenvalue weighted by molar-refractivity contribution is 7.80. The molecule has 2 N–H and O–H groups in total. The summed E-state index contributed by atoms with van der Waals surface area (Å²) >= 11 is 5.08. The number of hydrogen-bond acceptors (Lipinski definition) is 2. The average molecular weight is 281 g/mol. The Labute approximate surface area is 123 Å². The van der Waals surface area contributed by atoms with Crippen LogP contribution >= 0.6 is 12.2 Å². The van der Waals surface area contributed by atoms with Crippen molar-refractivity contribution in [2.75, 3.05) is 6.54 Å². The molecule has 0 bridgehead atoms. The van der Waals surface area contributed by atoms with Crippen LogP contribution in [0.1, 0.15) is 53.4 Å². The van der Waals surface area contributed by atoms with Gasteiger partial charge in [-0.25, -0.2) is 0 Å². The second-order valence-electron chi connectivity index (χ2n) is 4.83. The SMILES string of the molecule is CCCCNC(=S)N/N=C\C=C(/C)CCC=C(C)C. The summed E-state index contributed by atoms with van der Waals surface area (Å²) in [7, 11) is 0. The summed E-state index contributed by atoms with van der Waals surface area (Å²) < 4.78 is 0. The maximum Gasteiger partial charge on any atom is 0.186 e. The molecule has 0 fully saturated rings. The van der Waals surface area contributed by atoms with Crippen LogP contribution < -0.4 is 10.7 Å². The van der Waals surface area contributed by atoms with Crippen molar-refractivity contribution >= 4 is 23.5 Å². The number of hydrogen-bond donors (Lipinski definition) is 2. The fourth-order valence-corrected chi connectivity index (χ4v) is 1.51. The van der Waals surface area contributed by atoms with Gasteiger partial charge >= 0.3 is 0 Å². The lowest BCUT2D eigenvalue weighted by molar-refractivity contribution is 0.745. The second kappa shape index (κ2) is 11.9. The summed E-state index contributed by atoms with van der Waals surface area (Å²) in [5.74, 6) is 0. The number of allylic oxidation sites excluding steroid dienone is 4. The highest BCUT2D eigenvalue weighted by atomic mass is 32.1. The Balaban J connectivity index is 3.81. The van der Waals surface area contributed by atoms with E-state index in [-0.39, 0.29) is 0 Å². The summed E-state index contributed by atoms with van der Waals surface area (Å²) in [6.07, 6.45) is 10.5. The van der Waals surface area contributed by atoms with Gasteiger partial charge in [-0.05, 0) is 58.3 Å². The topological polar surface area (TPSA) is 36.4 Å². The van der Waals surface area contributed by atoms with Gasteiger partial charge < -0.3 is 5.32 Å². The predicted octanol–water partition coefficient (Wildman–Crippen LogP) is 3.93. The molecule has 0 unspecified atom stereocenters. The standard InChI is InChI=1S/C15H27N3S/c1-5-6-11-16-15(19)18-17-12-10-14(4)9-7-8-13(2)3/h8,10,12H,5-7,9,11H2,1-4H3,(H2,16,18,19)/b14-10+,17-12-. The van der Waals surface area contributed by atoms with E-state index in [1.54, 1.807) is 6.21 Å². The second-order valence-corrected chi connectivity index (χ2v) is 5.24. The van der Waals surface area contributed by atoms with E-state index in [1.165, 1.54) is 11.1 Å². The number of nitrogens with one attached hydrogen (secondary N) is 2. The first kappa shape index (κ1) is 17.8. The zero-order valence-electron chi connectivity index (χ0n) is 12.6. The van der Waals surface area contributed by atoms with Crippen LogP contribution in [0.3, 0.4) is 0 Å². The van der Waals surface area contributed by atoms with Crippen molar-refractivity contribution in [3.63, 3.8) is 0 Å². The summed E-state index contributed by atoms with van der Waals surface area (Å²) in [4.78, 5) is 0. The van der Waals surface area contributed by atoms with Crippen LogP contribution in [0.2, 0.25) is 0 Å². The molecular formula is C15H27N3S. The number of thiocarbonyl (C=S) groups is 1. The van der Waals surface area contributed by atoms with Gasteiger partial charge in [0.15, 0.2) is 5.11 Å². The van der Waals surface area contributed by atoms with Crippen molar-refractivity contribution in [1.29, 1.82) is 0 Å². The lowest BCUT2D eigenvalue weighted by Gasteiger charge is -2.04. The first-order valence-electron chi connectivity index (χ1n) is 6.92. The smallest absolute Gasteiger partial charge is 0.186 e. The van der Waals surface area contributed by atoms with Crippen molar-refractivity contribution in [3.8, 4) is 0 Å². The van der Waals surface area contributed by atoms with Crippen molar-refractivity contribution < 1.29 is 0 Å². The van der Waals surface area contributed by atoms with Crippen molar-refractivity contribution in [3.05, 3.63) is 23.3 Å². The van der Waals surface area contributed by atoms with Crippen LogP contribution in [0.25, 0.3) is 0 Å². The summed E-state index contributed by atoms with van der Waals surface area (Å²) in [5.41, 5.74) is 5.48. The van der Waals surface area contributed by atoms with Crippen LogP contribution in [0, 0.1) is 0 Å². The van der Waals surface area contributed by atoms with Gasteiger partial charge in [-0.1, -0.05) is 30.6 Å². The number of unbranched alkanes of at least 4 members (excludes halogenated alkanes) is 1. The molecule has 0 aliphatic carbocycles. The van der Waals surface area contributed by atoms with E-state index in [2.05, 4.69) is 49.6 Å². The fourth-order valence-electron chi connectivity index (χ4n) is 1.35. The van der Waals surface area contributed by atoms with Gasteiger partial charge in [0.25, 0.3) is 0 Å². The molecule has 0 aliphatic heterocycles. The molecule has 0 rings (SSSR count). The van der Waals surface area contributed by atoms with E-state index in [0.29, 0.717) is 5.11 Å². The van der Waals surface area contributed by atoms with Gasteiger partial charge in [0, 0.05) is 12.8 Å². The molecule has 0 saturated heterocycles. The molecule has 0 atom stereocenters. The average Bonchev–Trinajstić information content (AvgIpc) is 2.34. The third-order valence-electron chi connectivity index (χ3n) is 2.51. The first-order valence-corrected chi connectivity index (χ1v) is 7.33. The van der Waals surface area contributed by atoms with Gasteiger partial charge in [-0.2, -0.15) is 5.10 Å².